The van der Waals surface area contributed by atoms with Gasteiger partial charge in [-0.25, -0.2) is 4.68 Å². The molecule has 0 unspecified atom stereocenters. The number of aromatic nitrogens is 3. The summed E-state index contributed by atoms with van der Waals surface area (Å²) in [7, 11) is 0. The first kappa shape index (κ1) is 9.65. The molecule has 0 spiro atoms. The van der Waals surface area contributed by atoms with E-state index in [0.717, 1.165) is 12.2 Å². The van der Waals surface area contributed by atoms with E-state index in [0.29, 0.717) is 18.4 Å². The van der Waals surface area contributed by atoms with E-state index in [2.05, 4.69) is 24.2 Å². The van der Waals surface area contributed by atoms with Gasteiger partial charge in [-0.1, -0.05) is 19.1 Å². The molecule has 78 valence electrons. The van der Waals surface area contributed by atoms with Crippen molar-refractivity contribution in [2.75, 3.05) is 0 Å². The van der Waals surface area contributed by atoms with Gasteiger partial charge in [0.05, 0.1) is 11.4 Å². The van der Waals surface area contributed by atoms with Crippen molar-refractivity contribution >= 4 is 0 Å². The number of hydrogen-bond donors (Lipinski definition) is 1. The summed E-state index contributed by atoms with van der Waals surface area (Å²) in [6.45, 7) is 5.86. The molecule has 1 aliphatic carbocycles. The Kier molecular flexibility index (Phi) is 2.54. The van der Waals surface area contributed by atoms with Crippen molar-refractivity contribution < 1.29 is 0 Å². The fourth-order valence-corrected chi connectivity index (χ4v) is 1.79. The van der Waals surface area contributed by atoms with Crippen LogP contribution < -0.4 is 5.73 Å². The van der Waals surface area contributed by atoms with Gasteiger partial charge in [0.15, 0.2) is 0 Å². The van der Waals surface area contributed by atoms with Gasteiger partial charge in [-0.15, -0.1) is 5.10 Å². The quantitative estimate of drug-likeness (QED) is 0.785. The minimum Gasteiger partial charge on any atom is -0.325 e. The maximum atomic E-state index is 5.64. The second-order valence-electron chi connectivity index (χ2n) is 4.48. The predicted octanol–water partition coefficient (Wildman–Crippen LogP) is 1.27. The summed E-state index contributed by atoms with van der Waals surface area (Å²) in [4.78, 5) is 0. The van der Waals surface area contributed by atoms with Gasteiger partial charge >= 0.3 is 0 Å². The van der Waals surface area contributed by atoms with Crippen molar-refractivity contribution in [2.24, 2.45) is 11.7 Å². The maximum Gasteiger partial charge on any atom is 0.0997 e. The molecule has 0 aliphatic heterocycles. The molecular formula is C10H18N4. The third kappa shape index (κ3) is 1.80. The monoisotopic (exact) mass is 194 g/mol. The first-order valence-corrected chi connectivity index (χ1v) is 5.34. The van der Waals surface area contributed by atoms with E-state index >= 15 is 0 Å². The SMILES string of the molecule is CC(C)Cn1nnc(CN)c1C1CC1. The van der Waals surface area contributed by atoms with Gasteiger partial charge in [0.1, 0.15) is 0 Å². The van der Waals surface area contributed by atoms with Crippen LogP contribution in [0.4, 0.5) is 0 Å². The highest BCUT2D eigenvalue weighted by Gasteiger charge is 2.30. The third-order valence-electron chi connectivity index (χ3n) is 2.54. The van der Waals surface area contributed by atoms with E-state index in [1.165, 1.54) is 18.5 Å². The summed E-state index contributed by atoms with van der Waals surface area (Å²) < 4.78 is 2.05. The van der Waals surface area contributed by atoms with E-state index in [9.17, 15) is 0 Å². The van der Waals surface area contributed by atoms with Crippen LogP contribution in [-0.2, 0) is 13.1 Å². The van der Waals surface area contributed by atoms with Gasteiger partial charge in [0.2, 0.25) is 0 Å². The molecule has 1 aromatic rings. The van der Waals surface area contributed by atoms with Crippen LogP contribution in [0.3, 0.4) is 0 Å². The van der Waals surface area contributed by atoms with Gasteiger partial charge in [0.25, 0.3) is 0 Å². The van der Waals surface area contributed by atoms with E-state index in [4.69, 9.17) is 5.73 Å². The minimum absolute atomic E-state index is 0.518. The topological polar surface area (TPSA) is 56.7 Å². The zero-order chi connectivity index (χ0) is 10.1. The van der Waals surface area contributed by atoms with Crippen molar-refractivity contribution in [1.82, 2.24) is 15.0 Å². The van der Waals surface area contributed by atoms with Gasteiger partial charge in [-0.3, -0.25) is 0 Å². The lowest BCUT2D eigenvalue weighted by atomic mass is 10.2. The first-order chi connectivity index (χ1) is 6.72. The van der Waals surface area contributed by atoms with Crippen LogP contribution in [0.1, 0.15) is 44.0 Å². The Labute approximate surface area is 84.5 Å². The van der Waals surface area contributed by atoms with Crippen molar-refractivity contribution in [3.8, 4) is 0 Å². The van der Waals surface area contributed by atoms with E-state index in [1.807, 2.05) is 4.68 Å². The van der Waals surface area contributed by atoms with Crippen molar-refractivity contribution in [1.29, 1.82) is 0 Å². The number of rotatable bonds is 4. The number of nitrogens with two attached hydrogens (primary N) is 1. The molecule has 0 aromatic carbocycles. The Balaban J connectivity index is 2.25. The van der Waals surface area contributed by atoms with Crippen LogP contribution in [0.5, 0.6) is 0 Å². The van der Waals surface area contributed by atoms with Crippen molar-refractivity contribution in [3.63, 3.8) is 0 Å². The molecule has 1 fully saturated rings. The highest BCUT2D eigenvalue weighted by Crippen LogP contribution is 2.41. The van der Waals surface area contributed by atoms with Crippen LogP contribution in [0, 0.1) is 5.92 Å². The van der Waals surface area contributed by atoms with E-state index in [1.54, 1.807) is 0 Å². The van der Waals surface area contributed by atoms with Crippen LogP contribution in [0.2, 0.25) is 0 Å². The molecule has 4 nitrogen and oxygen atoms in total. The molecule has 0 atom stereocenters. The predicted molar refractivity (Wildman–Crippen MR) is 54.7 cm³/mol. The smallest absolute Gasteiger partial charge is 0.0997 e. The van der Waals surface area contributed by atoms with Gasteiger partial charge < -0.3 is 5.73 Å². The summed E-state index contributed by atoms with van der Waals surface area (Å²) in [5.74, 6) is 1.29. The van der Waals surface area contributed by atoms with E-state index in [-0.39, 0.29) is 0 Å². The molecule has 14 heavy (non-hydrogen) atoms. The van der Waals surface area contributed by atoms with Crippen LogP contribution in [-0.4, -0.2) is 15.0 Å². The Hall–Kier alpha value is -0.900. The summed E-state index contributed by atoms with van der Waals surface area (Å²) in [5, 5.41) is 8.31. The zero-order valence-corrected chi connectivity index (χ0v) is 8.90. The van der Waals surface area contributed by atoms with Gasteiger partial charge in [-0.05, 0) is 18.8 Å². The molecule has 0 radical (unpaired) electrons. The molecule has 2 rings (SSSR count). The molecule has 4 heteroatoms. The van der Waals surface area contributed by atoms with Crippen LogP contribution in [0.25, 0.3) is 0 Å². The van der Waals surface area contributed by atoms with Crippen LogP contribution >= 0.6 is 0 Å². The second-order valence-corrected chi connectivity index (χ2v) is 4.48. The highest BCUT2D eigenvalue weighted by molar-refractivity contribution is 5.20. The standard InChI is InChI=1S/C10H18N4/c1-7(2)6-14-10(8-3-4-8)9(5-11)12-13-14/h7-8H,3-6,11H2,1-2H3. The summed E-state index contributed by atoms with van der Waals surface area (Å²) >= 11 is 0. The lowest BCUT2D eigenvalue weighted by Crippen LogP contribution is -2.10. The maximum absolute atomic E-state index is 5.64. The summed E-state index contributed by atoms with van der Waals surface area (Å²) in [6, 6.07) is 0. The summed E-state index contributed by atoms with van der Waals surface area (Å²) in [6.07, 6.45) is 2.55. The first-order valence-electron chi connectivity index (χ1n) is 5.34. The highest BCUT2D eigenvalue weighted by atomic mass is 15.4. The minimum atomic E-state index is 0.518. The molecule has 1 aromatic heterocycles. The number of hydrogen-bond acceptors (Lipinski definition) is 3. The lowest BCUT2D eigenvalue weighted by molar-refractivity contribution is 0.459. The Bertz CT molecular complexity index is 312. The third-order valence-corrected chi connectivity index (χ3v) is 2.54. The molecule has 0 saturated heterocycles. The van der Waals surface area contributed by atoms with Gasteiger partial charge in [0, 0.05) is 19.0 Å². The summed E-state index contributed by atoms with van der Waals surface area (Å²) in [5.41, 5.74) is 7.93. The number of nitrogens with zero attached hydrogens (tertiary/aromatic N) is 3. The lowest BCUT2D eigenvalue weighted by Gasteiger charge is -2.08. The zero-order valence-electron chi connectivity index (χ0n) is 8.90. The molecule has 0 bridgehead atoms. The fraction of sp³-hybridized carbons (Fsp3) is 0.800. The average molecular weight is 194 g/mol. The fourth-order valence-electron chi connectivity index (χ4n) is 1.79. The molecular weight excluding hydrogens is 176 g/mol. The van der Waals surface area contributed by atoms with Crippen molar-refractivity contribution in [2.45, 2.75) is 45.7 Å². The molecule has 0 amide bonds. The molecule has 1 saturated carbocycles. The molecule has 2 N–H and O–H groups in total. The Morgan fingerprint density at radius 2 is 2.21 bits per heavy atom. The Morgan fingerprint density at radius 3 is 2.71 bits per heavy atom. The molecule has 1 aliphatic rings. The average Bonchev–Trinajstić information content (AvgIpc) is 2.88. The Morgan fingerprint density at radius 1 is 1.50 bits per heavy atom. The van der Waals surface area contributed by atoms with Crippen molar-refractivity contribution in [3.05, 3.63) is 11.4 Å². The second kappa shape index (κ2) is 3.69. The normalized spacial score (nSPS) is 16.6. The van der Waals surface area contributed by atoms with E-state index < -0.39 is 0 Å². The van der Waals surface area contributed by atoms with Gasteiger partial charge in [-0.2, -0.15) is 0 Å². The largest absolute Gasteiger partial charge is 0.325 e. The van der Waals surface area contributed by atoms with Crippen LogP contribution in [0.15, 0.2) is 0 Å². The molecule has 1 heterocycles.